The van der Waals surface area contributed by atoms with Crippen LogP contribution in [0.1, 0.15) is 18.1 Å². The maximum atomic E-state index is 10.2. The molecule has 5 heteroatoms. The smallest absolute Gasteiger partial charge is 0.194 e. The second-order valence-electron chi connectivity index (χ2n) is 5.53. The van der Waals surface area contributed by atoms with Crippen molar-refractivity contribution in [2.45, 2.75) is 26.0 Å². The first-order valence-electron chi connectivity index (χ1n) is 7.91. The first-order chi connectivity index (χ1) is 11.2. The zero-order chi connectivity index (χ0) is 16.5. The Morgan fingerprint density at radius 2 is 2.04 bits per heavy atom. The van der Waals surface area contributed by atoms with Crippen LogP contribution in [0.25, 0.3) is 0 Å². The third kappa shape index (κ3) is 6.04. The average Bonchev–Trinajstić information content (AvgIpc) is 3.05. The predicted octanol–water partition coefficient (Wildman–Crippen LogP) is 2.75. The van der Waals surface area contributed by atoms with Crippen LogP contribution in [0.5, 0.6) is 0 Å². The molecule has 2 rings (SSSR count). The molecule has 0 fully saturated rings. The van der Waals surface area contributed by atoms with E-state index in [1.54, 1.807) is 11.3 Å². The van der Waals surface area contributed by atoms with Crippen molar-refractivity contribution in [3.05, 3.63) is 58.3 Å². The highest BCUT2D eigenvalue weighted by Crippen LogP contribution is 2.09. The monoisotopic (exact) mass is 331 g/mol. The molecule has 1 aromatic heterocycles. The van der Waals surface area contributed by atoms with Gasteiger partial charge in [-0.1, -0.05) is 30.3 Å². The Bertz CT molecular complexity index is 584. The lowest BCUT2D eigenvalue weighted by Crippen LogP contribution is -2.39. The predicted molar refractivity (Wildman–Crippen MR) is 97.9 cm³/mol. The Hall–Kier alpha value is -1.85. The van der Waals surface area contributed by atoms with E-state index < -0.39 is 6.10 Å². The highest BCUT2D eigenvalue weighted by atomic mass is 32.1. The van der Waals surface area contributed by atoms with Gasteiger partial charge in [-0.25, -0.2) is 0 Å². The van der Waals surface area contributed by atoms with Crippen molar-refractivity contribution in [3.63, 3.8) is 0 Å². The van der Waals surface area contributed by atoms with E-state index in [1.165, 1.54) is 5.56 Å². The molecule has 0 spiro atoms. The number of benzene rings is 1. The molecular formula is C18H25N3OS. The minimum Gasteiger partial charge on any atom is -0.391 e. The molecule has 4 nitrogen and oxygen atoms in total. The average molecular weight is 331 g/mol. The summed E-state index contributed by atoms with van der Waals surface area (Å²) in [6.07, 6.45) is 0.151. The number of aliphatic imine (C=N–C) groups is 1. The highest BCUT2D eigenvalue weighted by Gasteiger charge is 2.09. The molecule has 0 saturated carbocycles. The SMILES string of the molecule is CCNC(=NCC(O)Cc1ccccc1)N(C)Cc1ccsc1. The minimum atomic E-state index is -0.472. The zero-order valence-corrected chi connectivity index (χ0v) is 14.6. The lowest BCUT2D eigenvalue weighted by Gasteiger charge is -2.22. The van der Waals surface area contributed by atoms with Gasteiger partial charge in [0, 0.05) is 26.6 Å². The number of aliphatic hydroxyl groups excluding tert-OH is 1. The summed E-state index contributed by atoms with van der Waals surface area (Å²) in [5, 5.41) is 17.7. The molecule has 0 aliphatic carbocycles. The van der Waals surface area contributed by atoms with Crippen LogP contribution in [0.15, 0.2) is 52.2 Å². The number of hydrogen-bond donors (Lipinski definition) is 2. The third-order valence-corrected chi connectivity index (χ3v) is 4.19. The molecule has 1 unspecified atom stereocenters. The van der Waals surface area contributed by atoms with Gasteiger partial charge < -0.3 is 15.3 Å². The maximum Gasteiger partial charge on any atom is 0.194 e. The first-order valence-corrected chi connectivity index (χ1v) is 8.85. The Morgan fingerprint density at radius 3 is 2.70 bits per heavy atom. The van der Waals surface area contributed by atoms with E-state index in [2.05, 4.69) is 32.0 Å². The fourth-order valence-electron chi connectivity index (χ4n) is 2.34. The van der Waals surface area contributed by atoms with Crippen LogP contribution < -0.4 is 5.32 Å². The summed E-state index contributed by atoms with van der Waals surface area (Å²) in [7, 11) is 2.02. The van der Waals surface area contributed by atoms with Gasteiger partial charge in [-0.2, -0.15) is 11.3 Å². The molecule has 1 atom stereocenters. The van der Waals surface area contributed by atoms with E-state index in [4.69, 9.17) is 0 Å². The largest absolute Gasteiger partial charge is 0.391 e. The van der Waals surface area contributed by atoms with Crippen LogP contribution in [0, 0.1) is 0 Å². The highest BCUT2D eigenvalue weighted by molar-refractivity contribution is 7.07. The van der Waals surface area contributed by atoms with Crippen LogP contribution >= 0.6 is 11.3 Å². The minimum absolute atomic E-state index is 0.394. The molecule has 0 bridgehead atoms. The van der Waals surface area contributed by atoms with E-state index in [1.807, 2.05) is 44.3 Å². The molecule has 23 heavy (non-hydrogen) atoms. The molecular weight excluding hydrogens is 306 g/mol. The standard InChI is InChI=1S/C18H25N3OS/c1-3-19-18(21(2)13-16-9-10-23-14-16)20-12-17(22)11-15-7-5-4-6-8-15/h4-10,14,17,22H,3,11-13H2,1-2H3,(H,19,20). The number of aliphatic hydroxyl groups is 1. The molecule has 2 N–H and O–H groups in total. The van der Waals surface area contributed by atoms with Gasteiger partial charge in [0.2, 0.25) is 0 Å². The molecule has 0 saturated heterocycles. The Labute approximate surface area is 142 Å². The number of rotatable bonds is 7. The van der Waals surface area contributed by atoms with E-state index in [9.17, 15) is 5.11 Å². The molecule has 2 aromatic rings. The lowest BCUT2D eigenvalue weighted by atomic mass is 10.1. The first kappa shape index (κ1) is 17.5. The van der Waals surface area contributed by atoms with Crippen LogP contribution in [-0.2, 0) is 13.0 Å². The maximum absolute atomic E-state index is 10.2. The van der Waals surface area contributed by atoms with E-state index in [-0.39, 0.29) is 0 Å². The quantitative estimate of drug-likeness (QED) is 0.606. The van der Waals surface area contributed by atoms with E-state index >= 15 is 0 Å². The van der Waals surface area contributed by atoms with Gasteiger partial charge in [-0.05, 0) is 34.9 Å². The fraction of sp³-hybridized carbons (Fsp3) is 0.389. The number of guanidine groups is 1. The van der Waals surface area contributed by atoms with Gasteiger partial charge in [-0.3, -0.25) is 4.99 Å². The van der Waals surface area contributed by atoms with Crippen molar-refractivity contribution in [2.24, 2.45) is 4.99 Å². The summed E-state index contributed by atoms with van der Waals surface area (Å²) in [5.74, 6) is 0.825. The summed E-state index contributed by atoms with van der Waals surface area (Å²) >= 11 is 1.70. The van der Waals surface area contributed by atoms with Crippen molar-refractivity contribution in [2.75, 3.05) is 20.1 Å². The summed E-state index contributed by atoms with van der Waals surface area (Å²) < 4.78 is 0. The molecule has 0 aliphatic heterocycles. The Kier molecular flexibility index (Phi) is 7.10. The van der Waals surface area contributed by atoms with Crippen molar-refractivity contribution >= 4 is 17.3 Å². The van der Waals surface area contributed by atoms with Crippen molar-refractivity contribution in [3.8, 4) is 0 Å². The van der Waals surface area contributed by atoms with Crippen molar-refractivity contribution < 1.29 is 5.11 Å². The number of nitrogens with one attached hydrogen (secondary N) is 1. The lowest BCUT2D eigenvalue weighted by molar-refractivity contribution is 0.183. The van der Waals surface area contributed by atoms with Crippen molar-refractivity contribution in [1.82, 2.24) is 10.2 Å². The summed E-state index contributed by atoms with van der Waals surface area (Å²) in [6.45, 7) is 4.06. The number of nitrogens with zero attached hydrogens (tertiary/aromatic N) is 2. The molecule has 124 valence electrons. The zero-order valence-electron chi connectivity index (χ0n) is 13.8. The van der Waals surface area contributed by atoms with Crippen molar-refractivity contribution in [1.29, 1.82) is 0 Å². The molecule has 0 amide bonds. The molecule has 1 aromatic carbocycles. The van der Waals surface area contributed by atoms with Gasteiger partial charge in [0.05, 0.1) is 12.6 Å². The van der Waals surface area contributed by atoms with Crippen LogP contribution in [0.4, 0.5) is 0 Å². The topological polar surface area (TPSA) is 47.9 Å². The second kappa shape index (κ2) is 9.33. The fourth-order valence-corrected chi connectivity index (χ4v) is 3.00. The molecule has 1 heterocycles. The second-order valence-corrected chi connectivity index (χ2v) is 6.31. The Balaban J connectivity index is 1.92. The van der Waals surface area contributed by atoms with Crippen LogP contribution in [0.3, 0.4) is 0 Å². The number of hydrogen-bond acceptors (Lipinski definition) is 3. The van der Waals surface area contributed by atoms with Gasteiger partial charge in [-0.15, -0.1) is 0 Å². The summed E-state index contributed by atoms with van der Waals surface area (Å²) in [5.41, 5.74) is 2.40. The van der Waals surface area contributed by atoms with Crippen LogP contribution in [-0.4, -0.2) is 42.2 Å². The normalized spacial score (nSPS) is 12.9. The summed E-state index contributed by atoms with van der Waals surface area (Å²) in [4.78, 5) is 6.66. The van der Waals surface area contributed by atoms with Gasteiger partial charge in [0.25, 0.3) is 0 Å². The Morgan fingerprint density at radius 1 is 1.26 bits per heavy atom. The van der Waals surface area contributed by atoms with Gasteiger partial charge >= 0.3 is 0 Å². The summed E-state index contributed by atoms with van der Waals surface area (Å²) in [6, 6.07) is 12.1. The van der Waals surface area contributed by atoms with Gasteiger partial charge in [0.15, 0.2) is 5.96 Å². The molecule has 0 aliphatic rings. The third-order valence-electron chi connectivity index (χ3n) is 3.46. The van der Waals surface area contributed by atoms with E-state index in [0.717, 1.165) is 24.6 Å². The molecule has 0 radical (unpaired) electrons. The number of thiophene rings is 1. The van der Waals surface area contributed by atoms with E-state index in [0.29, 0.717) is 13.0 Å². The van der Waals surface area contributed by atoms with Crippen LogP contribution in [0.2, 0.25) is 0 Å². The van der Waals surface area contributed by atoms with Gasteiger partial charge in [0.1, 0.15) is 0 Å².